The monoisotopic (exact) mass is 470 g/mol. The number of rotatable bonds is 3. The van der Waals surface area contributed by atoms with Crippen molar-refractivity contribution in [3.05, 3.63) is 41.5 Å². The average molecular weight is 471 g/mol. The van der Waals surface area contributed by atoms with Gasteiger partial charge in [-0.1, -0.05) is 37.1 Å². The highest BCUT2D eigenvalue weighted by Gasteiger charge is 2.65. The van der Waals surface area contributed by atoms with Crippen LogP contribution < -0.4 is 0 Å². The Hall–Kier alpha value is -2.12. The highest BCUT2D eigenvalue weighted by molar-refractivity contribution is 7.86. The molecule has 0 spiro atoms. The van der Waals surface area contributed by atoms with E-state index in [2.05, 4.69) is 6.92 Å². The van der Waals surface area contributed by atoms with E-state index in [4.69, 9.17) is 4.18 Å². The molecule has 1 unspecified atom stereocenters. The first kappa shape index (κ1) is 22.7. The van der Waals surface area contributed by atoms with Crippen molar-refractivity contribution >= 4 is 27.5 Å². The Labute approximate surface area is 194 Å². The summed E-state index contributed by atoms with van der Waals surface area (Å²) in [5.41, 5.74) is 0.780. The second-order valence-corrected chi connectivity index (χ2v) is 12.5. The summed E-state index contributed by atoms with van der Waals surface area (Å²) in [4.78, 5) is 38.8. The summed E-state index contributed by atoms with van der Waals surface area (Å²) in [5.74, 6) is -0.397. The summed E-state index contributed by atoms with van der Waals surface area (Å²) >= 11 is 0. The molecular formula is C26H30O6S. The van der Waals surface area contributed by atoms with Crippen LogP contribution in [0, 0.1) is 35.5 Å². The van der Waals surface area contributed by atoms with Gasteiger partial charge >= 0.3 is 0 Å². The van der Waals surface area contributed by atoms with Crippen LogP contribution >= 0.6 is 0 Å². The molecule has 3 fully saturated rings. The molecule has 176 valence electrons. The molecule has 33 heavy (non-hydrogen) atoms. The van der Waals surface area contributed by atoms with Crippen LogP contribution in [0.1, 0.15) is 57.9 Å². The van der Waals surface area contributed by atoms with E-state index >= 15 is 0 Å². The maximum absolute atomic E-state index is 13.6. The summed E-state index contributed by atoms with van der Waals surface area (Å²) in [5, 5.41) is 0. The van der Waals surface area contributed by atoms with E-state index in [1.807, 2.05) is 13.8 Å². The van der Waals surface area contributed by atoms with Crippen molar-refractivity contribution in [1.82, 2.24) is 0 Å². The van der Waals surface area contributed by atoms with Crippen LogP contribution in [0.5, 0.6) is 0 Å². The van der Waals surface area contributed by atoms with Gasteiger partial charge in [-0.2, -0.15) is 8.42 Å². The van der Waals surface area contributed by atoms with Crippen LogP contribution in [-0.4, -0.2) is 31.9 Å². The third-order valence-corrected chi connectivity index (χ3v) is 10.2. The number of carbonyl (C=O) groups is 3. The summed E-state index contributed by atoms with van der Waals surface area (Å²) in [7, 11) is -4.14. The molecule has 4 aliphatic rings. The molecule has 7 heteroatoms. The molecule has 6 atom stereocenters. The van der Waals surface area contributed by atoms with Crippen molar-refractivity contribution in [2.45, 2.75) is 70.3 Å². The van der Waals surface area contributed by atoms with Gasteiger partial charge in [0.1, 0.15) is 11.9 Å². The van der Waals surface area contributed by atoms with Gasteiger partial charge < -0.3 is 0 Å². The number of benzene rings is 1. The number of carbonyl (C=O) groups excluding carboxylic acids is 3. The molecule has 0 heterocycles. The van der Waals surface area contributed by atoms with Crippen molar-refractivity contribution in [2.75, 3.05) is 0 Å². The SMILES string of the molecule is Cc1ccc(S(=O)(=O)OC2C(=O)C[C@H]3[C@@H]4CCC5=CC(=O)CC[C@]5(C)[C@H]4C(=O)C[C@]23C)cc1. The van der Waals surface area contributed by atoms with Gasteiger partial charge in [-0.3, -0.25) is 18.6 Å². The van der Waals surface area contributed by atoms with Crippen LogP contribution in [0.2, 0.25) is 0 Å². The van der Waals surface area contributed by atoms with Crippen LogP contribution in [0.3, 0.4) is 0 Å². The number of hydrogen-bond donors (Lipinski definition) is 0. The number of Topliss-reactive ketones (excluding diaryl/α,β-unsaturated/α-hetero) is 2. The van der Waals surface area contributed by atoms with Crippen molar-refractivity contribution in [2.24, 2.45) is 28.6 Å². The normalized spacial score (nSPS) is 38.4. The van der Waals surface area contributed by atoms with Gasteiger partial charge in [-0.05, 0) is 61.6 Å². The third-order valence-electron chi connectivity index (χ3n) is 8.93. The molecule has 0 amide bonds. The lowest BCUT2D eigenvalue weighted by Gasteiger charge is -2.56. The number of hydrogen-bond acceptors (Lipinski definition) is 6. The van der Waals surface area contributed by atoms with Crippen molar-refractivity contribution in [3.63, 3.8) is 0 Å². The van der Waals surface area contributed by atoms with Crippen molar-refractivity contribution < 1.29 is 27.0 Å². The summed E-state index contributed by atoms with van der Waals surface area (Å²) in [6.45, 7) is 5.81. The maximum Gasteiger partial charge on any atom is 0.297 e. The molecule has 3 saturated carbocycles. The van der Waals surface area contributed by atoms with E-state index in [9.17, 15) is 22.8 Å². The van der Waals surface area contributed by atoms with Gasteiger partial charge in [-0.15, -0.1) is 0 Å². The zero-order valence-electron chi connectivity index (χ0n) is 19.3. The van der Waals surface area contributed by atoms with Gasteiger partial charge in [0.2, 0.25) is 0 Å². The van der Waals surface area contributed by atoms with Crippen LogP contribution in [0.4, 0.5) is 0 Å². The first-order chi connectivity index (χ1) is 15.5. The summed E-state index contributed by atoms with van der Waals surface area (Å²) < 4.78 is 31.6. The highest BCUT2D eigenvalue weighted by Crippen LogP contribution is 2.64. The second kappa shape index (κ2) is 7.44. The number of ketones is 3. The van der Waals surface area contributed by atoms with Crippen LogP contribution in [0.25, 0.3) is 0 Å². The van der Waals surface area contributed by atoms with E-state index in [-0.39, 0.29) is 58.3 Å². The standard InChI is InChI=1S/C26H30O6S/c1-15-4-7-18(8-5-15)33(30,31)32-24-21(28)13-20-19-9-6-16-12-17(27)10-11-25(16,2)23(19)22(29)14-26(20,24)3/h4-5,7-8,12,19-20,23-24H,6,9-11,13-14H2,1-3H3/t19-,20-,23+,24?,25-,26-/m0/s1. The molecule has 4 aliphatic carbocycles. The van der Waals surface area contributed by atoms with Gasteiger partial charge in [0.15, 0.2) is 11.6 Å². The van der Waals surface area contributed by atoms with Gasteiger partial charge in [0.25, 0.3) is 10.1 Å². The maximum atomic E-state index is 13.6. The lowest BCUT2D eigenvalue weighted by molar-refractivity contribution is -0.148. The third kappa shape index (κ3) is 3.38. The highest BCUT2D eigenvalue weighted by atomic mass is 32.2. The quantitative estimate of drug-likeness (QED) is 0.621. The van der Waals surface area contributed by atoms with E-state index in [1.165, 1.54) is 12.1 Å². The molecule has 0 radical (unpaired) electrons. The topological polar surface area (TPSA) is 94.6 Å². The molecule has 6 nitrogen and oxygen atoms in total. The molecule has 0 N–H and O–H groups in total. The summed E-state index contributed by atoms with van der Waals surface area (Å²) in [6.07, 6.45) is 3.50. The Morgan fingerprint density at radius 3 is 2.39 bits per heavy atom. The van der Waals surface area contributed by atoms with Crippen molar-refractivity contribution in [3.8, 4) is 0 Å². The Kier molecular flexibility index (Phi) is 5.11. The van der Waals surface area contributed by atoms with E-state index in [1.54, 1.807) is 18.2 Å². The number of fused-ring (bicyclic) bond motifs is 5. The molecule has 1 aromatic carbocycles. The van der Waals surface area contributed by atoms with E-state index in [0.717, 1.165) is 24.0 Å². The number of aryl methyl sites for hydroxylation is 1. The summed E-state index contributed by atoms with van der Waals surface area (Å²) in [6, 6.07) is 6.34. The largest absolute Gasteiger partial charge is 0.299 e. The lowest BCUT2D eigenvalue weighted by atomic mass is 9.47. The minimum absolute atomic E-state index is 0.00812. The molecule has 5 rings (SSSR count). The van der Waals surface area contributed by atoms with E-state index in [0.29, 0.717) is 12.8 Å². The molecular weight excluding hydrogens is 440 g/mol. The fourth-order valence-electron chi connectivity index (χ4n) is 7.20. The first-order valence-electron chi connectivity index (χ1n) is 11.7. The van der Waals surface area contributed by atoms with Crippen molar-refractivity contribution in [1.29, 1.82) is 0 Å². The number of allylic oxidation sites excluding steroid dienone is 1. The fraction of sp³-hybridized carbons (Fsp3) is 0.577. The predicted molar refractivity (Wildman–Crippen MR) is 121 cm³/mol. The Morgan fingerprint density at radius 2 is 1.70 bits per heavy atom. The smallest absolute Gasteiger partial charge is 0.297 e. The van der Waals surface area contributed by atoms with Gasteiger partial charge in [0, 0.05) is 30.6 Å². The first-order valence-corrected chi connectivity index (χ1v) is 13.2. The van der Waals surface area contributed by atoms with E-state index < -0.39 is 21.6 Å². The Bertz CT molecular complexity index is 1180. The average Bonchev–Trinajstić information content (AvgIpc) is 2.98. The van der Waals surface area contributed by atoms with Crippen LogP contribution in [0.15, 0.2) is 40.8 Å². The van der Waals surface area contributed by atoms with Crippen LogP contribution in [-0.2, 0) is 28.7 Å². The molecule has 0 saturated heterocycles. The zero-order chi connectivity index (χ0) is 23.8. The molecule has 0 bridgehead atoms. The Balaban J connectivity index is 1.47. The second-order valence-electron chi connectivity index (χ2n) is 10.9. The van der Waals surface area contributed by atoms with Gasteiger partial charge in [-0.25, -0.2) is 0 Å². The van der Waals surface area contributed by atoms with Gasteiger partial charge in [0.05, 0.1) is 4.90 Å². The zero-order valence-corrected chi connectivity index (χ0v) is 20.1. The lowest BCUT2D eigenvalue weighted by Crippen LogP contribution is -2.56. The molecule has 0 aromatic heterocycles. The fourth-order valence-corrected chi connectivity index (χ4v) is 8.36. The minimum atomic E-state index is -4.14. The predicted octanol–water partition coefficient (Wildman–Crippen LogP) is 3.96. The molecule has 0 aliphatic heterocycles. The Morgan fingerprint density at radius 1 is 1.00 bits per heavy atom. The molecule has 1 aromatic rings. The minimum Gasteiger partial charge on any atom is -0.299 e.